The van der Waals surface area contributed by atoms with Crippen molar-refractivity contribution >= 4 is 84.5 Å². The number of rotatable bonds is 4. The number of nitrogens with zero attached hydrogens (tertiary/aromatic N) is 4. The van der Waals surface area contributed by atoms with Crippen molar-refractivity contribution in [2.24, 2.45) is 0 Å². The summed E-state index contributed by atoms with van der Waals surface area (Å²) in [5.41, 5.74) is 20.8. The van der Waals surface area contributed by atoms with E-state index >= 15 is 0 Å². The van der Waals surface area contributed by atoms with Crippen LogP contribution in [0.1, 0.15) is 51.4 Å². The van der Waals surface area contributed by atoms with E-state index in [1.165, 1.54) is 94.4 Å². The Morgan fingerprint density at radius 1 is 0.438 bits per heavy atom. The van der Waals surface area contributed by atoms with E-state index in [0.29, 0.717) is 0 Å². The van der Waals surface area contributed by atoms with E-state index in [0.717, 1.165) is 17.1 Å². The summed E-state index contributed by atoms with van der Waals surface area (Å²) in [7, 11) is 0. The number of anilines is 5. The molecule has 64 heavy (non-hydrogen) atoms. The molecule has 0 amide bonds. The van der Waals surface area contributed by atoms with Crippen molar-refractivity contribution in [3.8, 4) is 11.4 Å². The molecule has 0 saturated heterocycles. The number of hydrogen-bond acceptors (Lipinski definition) is 2. The number of fused-ring (bicyclic) bond motifs is 10. The first-order chi connectivity index (χ1) is 31.2. The smallest absolute Gasteiger partial charge is 0.248 e. The zero-order chi connectivity index (χ0) is 43.1. The summed E-state index contributed by atoms with van der Waals surface area (Å²) in [5.74, 6) is 0. The van der Waals surface area contributed by atoms with Gasteiger partial charge in [-0.2, -0.15) is 0 Å². The first kappa shape index (κ1) is 37.1. The molecule has 306 valence electrons. The summed E-state index contributed by atoms with van der Waals surface area (Å²) >= 11 is 0. The molecule has 0 bridgehead atoms. The van der Waals surface area contributed by atoms with Crippen LogP contribution in [0.2, 0.25) is 0 Å². The van der Waals surface area contributed by atoms with Gasteiger partial charge in [-0.1, -0.05) is 155 Å². The van der Waals surface area contributed by atoms with Crippen LogP contribution in [0.15, 0.2) is 200 Å². The van der Waals surface area contributed by atoms with Gasteiger partial charge < -0.3 is 18.9 Å². The molecule has 0 spiro atoms. The lowest BCUT2D eigenvalue weighted by atomic mass is 9.30. The first-order valence-electron chi connectivity index (χ1n) is 22.7. The molecule has 0 N–H and O–H groups in total. The van der Waals surface area contributed by atoms with Crippen molar-refractivity contribution in [2.45, 2.75) is 45.4 Å². The van der Waals surface area contributed by atoms with Gasteiger partial charge in [-0.05, 0) is 106 Å². The van der Waals surface area contributed by atoms with Gasteiger partial charge in [0, 0.05) is 61.4 Å². The highest BCUT2D eigenvalue weighted by Gasteiger charge is 2.55. The largest absolute Gasteiger partial charge is 0.311 e. The Labute approximate surface area is 375 Å². The van der Waals surface area contributed by atoms with Crippen LogP contribution in [0.25, 0.3) is 49.8 Å². The van der Waals surface area contributed by atoms with Gasteiger partial charge in [0.15, 0.2) is 0 Å². The van der Waals surface area contributed by atoms with Crippen LogP contribution in [-0.2, 0) is 10.8 Å². The average molecular weight is 823 g/mol. The van der Waals surface area contributed by atoms with E-state index in [1.54, 1.807) is 0 Å². The van der Waals surface area contributed by atoms with E-state index in [1.807, 2.05) is 0 Å². The van der Waals surface area contributed by atoms with Gasteiger partial charge in [0.05, 0.1) is 27.9 Å². The Bertz CT molecular complexity index is 3520. The fourth-order valence-electron chi connectivity index (χ4n) is 11.7. The highest BCUT2D eigenvalue weighted by molar-refractivity contribution is 6.96. The van der Waals surface area contributed by atoms with Crippen molar-refractivity contribution in [3.63, 3.8) is 0 Å². The normalized spacial score (nSPS) is 14.9. The number of allylic oxidation sites excluding steroid dienone is 1. The summed E-state index contributed by atoms with van der Waals surface area (Å²) in [6, 6.07) is 72.3. The summed E-state index contributed by atoms with van der Waals surface area (Å²) in [6.45, 7) is 12.0. The zero-order valence-corrected chi connectivity index (χ0v) is 36.8. The number of aromatic nitrogens is 2. The maximum absolute atomic E-state index is 2.63. The third-order valence-electron chi connectivity index (χ3n) is 14.4. The van der Waals surface area contributed by atoms with Crippen LogP contribution in [0.4, 0.5) is 28.4 Å². The molecular formula is C59H47BN4. The lowest BCUT2D eigenvalue weighted by Crippen LogP contribution is -2.57. The van der Waals surface area contributed by atoms with E-state index in [-0.39, 0.29) is 17.5 Å². The Balaban J connectivity index is 1.19. The molecule has 1 aliphatic carbocycles. The molecule has 0 atom stereocenters. The van der Waals surface area contributed by atoms with Crippen LogP contribution in [0.5, 0.6) is 0 Å². The molecule has 10 aromatic rings. The lowest BCUT2D eigenvalue weighted by Gasteiger charge is -2.47. The molecule has 13 rings (SSSR count). The van der Waals surface area contributed by atoms with Crippen molar-refractivity contribution in [1.29, 1.82) is 0 Å². The molecule has 0 saturated carbocycles. The minimum Gasteiger partial charge on any atom is -0.311 e. The number of benzene rings is 8. The Morgan fingerprint density at radius 3 is 1.50 bits per heavy atom. The average Bonchev–Trinajstić information content (AvgIpc) is 3.93. The first-order valence-corrected chi connectivity index (χ1v) is 22.7. The highest BCUT2D eigenvalue weighted by atomic mass is 15.2. The van der Waals surface area contributed by atoms with Crippen LogP contribution in [0, 0.1) is 0 Å². The van der Waals surface area contributed by atoms with E-state index in [4.69, 9.17) is 0 Å². The van der Waals surface area contributed by atoms with Crippen molar-refractivity contribution in [1.82, 2.24) is 9.13 Å². The van der Waals surface area contributed by atoms with Gasteiger partial charge in [-0.3, -0.25) is 0 Å². The second-order valence-corrected chi connectivity index (χ2v) is 19.4. The Hall–Kier alpha value is -7.50. The van der Waals surface area contributed by atoms with Crippen molar-refractivity contribution in [3.05, 3.63) is 216 Å². The van der Waals surface area contributed by atoms with Crippen molar-refractivity contribution in [2.75, 3.05) is 9.80 Å². The maximum atomic E-state index is 2.63. The quantitative estimate of drug-likeness (QED) is 0.164. The molecule has 4 heterocycles. The Kier molecular flexibility index (Phi) is 7.69. The monoisotopic (exact) mass is 822 g/mol. The standard InChI is InChI=1S/C59H47BN4/c1-58(2,3)38-35-51-54-52(36-38)64(41-25-13-8-14-26-41)56-55-53(45-29-17-20-32-49(45)63(55)40-23-11-7-12-24-40)59(4,5)57(56)60(54)46-34-33-42(37-50(46)61(51)39-21-9-6-10-22-39)62-47-30-18-15-27-43(47)44-28-16-19-31-48(44)62/h6-37H,1-5H3. The molecule has 3 aliphatic rings. The third-order valence-corrected chi connectivity index (χ3v) is 14.4. The van der Waals surface area contributed by atoms with Crippen LogP contribution in [-0.4, -0.2) is 15.8 Å². The molecule has 2 aliphatic heterocycles. The third kappa shape index (κ3) is 5.01. The fourth-order valence-corrected chi connectivity index (χ4v) is 11.7. The SMILES string of the molecule is CC(C)(C)c1cc2c3c(c1)N(c1ccccc1)c1cc(-n4c5ccccc5c5ccccc54)ccc1B3C1=C(c3c(c4ccccc4n3-c3ccccc3)C1(C)C)N2c1ccccc1. The van der Waals surface area contributed by atoms with Gasteiger partial charge >= 0.3 is 0 Å². The molecule has 5 heteroatoms. The predicted molar refractivity (Wildman–Crippen MR) is 271 cm³/mol. The summed E-state index contributed by atoms with van der Waals surface area (Å²) in [4.78, 5) is 5.20. The van der Waals surface area contributed by atoms with Crippen LogP contribution < -0.4 is 20.7 Å². The zero-order valence-electron chi connectivity index (χ0n) is 36.8. The second-order valence-electron chi connectivity index (χ2n) is 19.4. The Morgan fingerprint density at radius 2 is 0.922 bits per heavy atom. The number of hydrogen-bond donors (Lipinski definition) is 0. The highest BCUT2D eigenvalue weighted by Crippen LogP contribution is 2.59. The van der Waals surface area contributed by atoms with Gasteiger partial charge in [-0.25, -0.2) is 0 Å². The van der Waals surface area contributed by atoms with Crippen molar-refractivity contribution < 1.29 is 0 Å². The second kappa shape index (κ2) is 13.3. The van der Waals surface area contributed by atoms with Crippen LogP contribution in [0.3, 0.4) is 0 Å². The van der Waals surface area contributed by atoms with E-state index in [9.17, 15) is 0 Å². The summed E-state index contributed by atoms with van der Waals surface area (Å²) in [5, 5.41) is 3.83. The topological polar surface area (TPSA) is 16.3 Å². The molecule has 2 aromatic heterocycles. The van der Waals surface area contributed by atoms with Gasteiger partial charge in [0.2, 0.25) is 6.71 Å². The molecule has 0 unspecified atom stereocenters. The van der Waals surface area contributed by atoms with E-state index in [2.05, 4.69) is 248 Å². The summed E-state index contributed by atoms with van der Waals surface area (Å²) < 4.78 is 5.02. The van der Waals surface area contributed by atoms with Gasteiger partial charge in [0.25, 0.3) is 0 Å². The fraction of sp³-hybridized carbons (Fsp3) is 0.119. The molecule has 8 aromatic carbocycles. The van der Waals surface area contributed by atoms with Gasteiger partial charge in [0.1, 0.15) is 0 Å². The number of para-hydroxylation sites is 6. The maximum Gasteiger partial charge on any atom is 0.248 e. The van der Waals surface area contributed by atoms with Crippen LogP contribution >= 0.6 is 0 Å². The van der Waals surface area contributed by atoms with Gasteiger partial charge in [-0.15, -0.1) is 0 Å². The minimum atomic E-state index is -0.350. The van der Waals surface area contributed by atoms with E-state index < -0.39 is 0 Å². The molecule has 4 nitrogen and oxygen atoms in total. The minimum absolute atomic E-state index is 0.0264. The lowest BCUT2D eigenvalue weighted by molar-refractivity contribution is 0.590. The molecule has 0 fully saturated rings. The summed E-state index contributed by atoms with van der Waals surface area (Å²) in [6.07, 6.45) is 0. The molecular weight excluding hydrogens is 775 g/mol. The predicted octanol–water partition coefficient (Wildman–Crippen LogP) is 13.8. The molecule has 0 radical (unpaired) electrons.